The van der Waals surface area contributed by atoms with Crippen molar-refractivity contribution in [2.45, 2.75) is 101 Å². The summed E-state index contributed by atoms with van der Waals surface area (Å²) in [6, 6.07) is 36.7. The lowest BCUT2D eigenvalue weighted by atomic mass is 9.80. The molecular weight excluding hydrogens is 741 g/mol. The first-order valence-electron chi connectivity index (χ1n) is 21.2. The van der Waals surface area contributed by atoms with E-state index in [0.29, 0.717) is 23.0 Å². The van der Waals surface area contributed by atoms with Crippen molar-refractivity contribution < 1.29 is 9.59 Å². The number of hydrogen-bond acceptors (Lipinski definition) is 5. The van der Waals surface area contributed by atoms with E-state index in [1.807, 2.05) is 54.2 Å². The normalized spacial score (nSPS) is 17.9. The van der Waals surface area contributed by atoms with Gasteiger partial charge in [-0.2, -0.15) is 0 Å². The van der Waals surface area contributed by atoms with Crippen LogP contribution in [0.3, 0.4) is 0 Å². The number of nitrogens with zero attached hydrogens (tertiary/aromatic N) is 2. The van der Waals surface area contributed by atoms with Crippen molar-refractivity contribution in [3.8, 4) is 0 Å². The van der Waals surface area contributed by atoms with E-state index in [0.717, 1.165) is 16.5 Å². The summed E-state index contributed by atoms with van der Waals surface area (Å²) < 4.78 is 0. The Balaban J connectivity index is 1.25. The highest BCUT2D eigenvalue weighted by Gasteiger charge is 2.49. The van der Waals surface area contributed by atoms with Crippen molar-refractivity contribution >= 4 is 62.5 Å². The highest BCUT2D eigenvalue weighted by molar-refractivity contribution is 7.99. The van der Waals surface area contributed by atoms with Gasteiger partial charge in [0.2, 0.25) is 0 Å². The van der Waals surface area contributed by atoms with Crippen LogP contribution in [0.2, 0.25) is 0 Å². The van der Waals surface area contributed by atoms with E-state index in [9.17, 15) is 9.59 Å². The molecule has 4 nitrogen and oxygen atoms in total. The second-order valence-corrected chi connectivity index (χ2v) is 19.2. The molecule has 0 aromatic heterocycles. The van der Waals surface area contributed by atoms with Crippen LogP contribution in [0.4, 0.5) is 28.4 Å². The molecule has 59 heavy (non-hydrogen) atoms. The summed E-state index contributed by atoms with van der Waals surface area (Å²) >= 11 is 1.89. The third-order valence-corrected chi connectivity index (χ3v) is 14.5. The molecule has 0 radical (unpaired) electrons. The molecule has 1 atom stereocenters. The molecular formula is C54H50N2O2S. The van der Waals surface area contributed by atoms with Crippen molar-refractivity contribution in [2.75, 3.05) is 9.80 Å². The second-order valence-electron chi connectivity index (χ2n) is 18.2. The molecule has 3 aliphatic heterocycles. The molecule has 6 aromatic rings. The van der Waals surface area contributed by atoms with E-state index in [-0.39, 0.29) is 29.0 Å². The fourth-order valence-electron chi connectivity index (χ4n) is 10.2. The number of rotatable bonds is 5. The van der Waals surface area contributed by atoms with Crippen LogP contribution < -0.4 is 9.80 Å². The van der Waals surface area contributed by atoms with E-state index < -0.39 is 5.41 Å². The highest BCUT2D eigenvalue weighted by Crippen LogP contribution is 2.66. The van der Waals surface area contributed by atoms with Crippen molar-refractivity contribution in [1.29, 1.82) is 0 Å². The molecule has 1 aliphatic carbocycles. The van der Waals surface area contributed by atoms with Gasteiger partial charge in [-0.3, -0.25) is 9.59 Å². The molecule has 1 unspecified atom stereocenters. The van der Waals surface area contributed by atoms with E-state index in [1.54, 1.807) is 0 Å². The van der Waals surface area contributed by atoms with Crippen LogP contribution in [0.25, 0.3) is 10.8 Å². The molecule has 0 fully saturated rings. The van der Waals surface area contributed by atoms with Crippen LogP contribution in [0.1, 0.15) is 140 Å². The molecule has 0 bridgehead atoms. The SMILES string of the molecule is CC(C)c1cccc2c1N1/C(=C/C=C3C(=O)c4cc5ccccc5cc4C3=O)C(C)(C)c3cc4c(c(c31)C2C)Sc1ccccc1N4c1c(C(C)C)cccc1C(C)C. The van der Waals surface area contributed by atoms with Crippen molar-refractivity contribution in [2.24, 2.45) is 0 Å². The smallest absolute Gasteiger partial charge is 0.197 e. The van der Waals surface area contributed by atoms with E-state index in [4.69, 9.17) is 0 Å². The molecule has 0 amide bonds. The van der Waals surface area contributed by atoms with Gasteiger partial charge < -0.3 is 9.80 Å². The first-order chi connectivity index (χ1) is 28.3. The van der Waals surface area contributed by atoms with Gasteiger partial charge in [0.15, 0.2) is 11.6 Å². The average Bonchev–Trinajstić information content (AvgIpc) is 3.58. The van der Waals surface area contributed by atoms with Crippen LogP contribution in [0.5, 0.6) is 0 Å². The Morgan fingerprint density at radius 3 is 1.78 bits per heavy atom. The summed E-state index contributed by atoms with van der Waals surface area (Å²) in [5, 5.41) is 1.92. The standard InChI is InChI=1S/C54H50N2O2S/c1-29(2)35-18-14-19-36(30(3)4)48(35)55-43-22-12-13-23-45(43)59-53-44(55)28-42-50-47(53)32(7)38-21-15-20-37(31(5)6)49(38)56(50)46(54(42,8)9)25-24-39-51(57)40-26-33-16-10-11-17-34(33)27-41(40)52(39)58/h10-32H,1-9H3/b46-25+. The fraction of sp³-hybridized carbons (Fsp3) is 0.259. The second kappa shape index (κ2) is 13.4. The lowest BCUT2D eigenvalue weighted by molar-refractivity contribution is 0.0988. The number of carbonyl (C=O) groups excluding carboxylic acids is 2. The summed E-state index contributed by atoms with van der Waals surface area (Å²) in [5.41, 5.74) is 15.8. The zero-order valence-electron chi connectivity index (χ0n) is 35.4. The number of Topliss-reactive ketones (excluding diaryl/α,β-unsaturated/α-hetero) is 2. The quantitative estimate of drug-likeness (QED) is 0.128. The van der Waals surface area contributed by atoms with Crippen molar-refractivity contribution in [1.82, 2.24) is 0 Å². The molecule has 5 heteroatoms. The minimum atomic E-state index is -0.487. The molecule has 0 spiro atoms. The Bertz CT molecular complexity index is 2810. The molecule has 0 saturated heterocycles. The maximum atomic E-state index is 14.1. The molecule has 3 heterocycles. The lowest BCUT2D eigenvalue weighted by Gasteiger charge is -2.42. The number of allylic oxidation sites excluding steroid dienone is 4. The molecule has 0 saturated carbocycles. The molecule has 294 valence electrons. The zero-order valence-corrected chi connectivity index (χ0v) is 36.2. The Morgan fingerprint density at radius 1 is 0.610 bits per heavy atom. The van der Waals surface area contributed by atoms with Gasteiger partial charge in [-0.15, -0.1) is 0 Å². The minimum absolute atomic E-state index is 0.114. The van der Waals surface area contributed by atoms with E-state index in [2.05, 4.69) is 145 Å². The molecule has 6 aromatic carbocycles. The lowest BCUT2D eigenvalue weighted by Crippen LogP contribution is -2.27. The van der Waals surface area contributed by atoms with Gasteiger partial charge in [-0.05, 0) is 104 Å². The summed E-state index contributed by atoms with van der Waals surface area (Å²) in [6.07, 6.45) is 3.90. The van der Waals surface area contributed by atoms with Crippen LogP contribution in [-0.4, -0.2) is 11.6 Å². The maximum Gasteiger partial charge on any atom is 0.197 e. The van der Waals surface area contributed by atoms with Gasteiger partial charge in [0.05, 0.1) is 34.0 Å². The number of hydrogen-bond donors (Lipinski definition) is 0. The number of para-hydroxylation sites is 3. The summed E-state index contributed by atoms with van der Waals surface area (Å²) in [4.78, 5) is 35.8. The first-order valence-corrected chi connectivity index (χ1v) is 22.0. The number of benzene rings is 6. The Labute approximate surface area is 352 Å². The van der Waals surface area contributed by atoms with Crippen LogP contribution in [0, 0.1) is 0 Å². The molecule has 0 N–H and O–H groups in total. The number of ketones is 2. The van der Waals surface area contributed by atoms with E-state index in [1.165, 1.54) is 71.6 Å². The topological polar surface area (TPSA) is 40.6 Å². The van der Waals surface area contributed by atoms with Gasteiger partial charge in [0.1, 0.15) is 0 Å². The number of carbonyl (C=O) groups is 2. The Morgan fingerprint density at radius 2 is 1.17 bits per heavy atom. The van der Waals surface area contributed by atoms with Crippen molar-refractivity contribution in [3.63, 3.8) is 0 Å². The average molecular weight is 791 g/mol. The van der Waals surface area contributed by atoms with Gasteiger partial charge >= 0.3 is 0 Å². The van der Waals surface area contributed by atoms with Gasteiger partial charge in [-0.25, -0.2) is 0 Å². The van der Waals surface area contributed by atoms with Crippen LogP contribution in [0.15, 0.2) is 136 Å². The number of anilines is 5. The first kappa shape index (κ1) is 37.6. The summed E-state index contributed by atoms with van der Waals surface area (Å²) in [7, 11) is 0. The summed E-state index contributed by atoms with van der Waals surface area (Å²) in [5.74, 6) is 0.625. The third-order valence-electron chi connectivity index (χ3n) is 13.3. The van der Waals surface area contributed by atoms with Crippen molar-refractivity contribution in [3.05, 3.63) is 171 Å². The Kier molecular flexibility index (Phi) is 8.57. The molecule has 10 rings (SSSR count). The van der Waals surface area contributed by atoms with Gasteiger partial charge in [-0.1, -0.05) is 147 Å². The van der Waals surface area contributed by atoms with Gasteiger partial charge in [0, 0.05) is 37.9 Å². The minimum Gasteiger partial charge on any atom is -0.312 e. The van der Waals surface area contributed by atoms with Crippen LogP contribution >= 0.6 is 11.8 Å². The monoisotopic (exact) mass is 790 g/mol. The highest BCUT2D eigenvalue weighted by atomic mass is 32.2. The Hall–Kier alpha value is -5.65. The maximum absolute atomic E-state index is 14.1. The number of fused-ring (bicyclic) bond motifs is 7. The summed E-state index contributed by atoms with van der Waals surface area (Å²) in [6.45, 7) is 20.8. The van der Waals surface area contributed by atoms with Gasteiger partial charge in [0.25, 0.3) is 0 Å². The zero-order chi connectivity index (χ0) is 41.2. The molecule has 4 aliphatic rings. The van der Waals surface area contributed by atoms with E-state index >= 15 is 0 Å². The third kappa shape index (κ3) is 5.36. The predicted molar refractivity (Wildman–Crippen MR) is 245 cm³/mol. The fourth-order valence-corrected chi connectivity index (χ4v) is 11.5. The largest absolute Gasteiger partial charge is 0.312 e. The van der Waals surface area contributed by atoms with Crippen LogP contribution in [-0.2, 0) is 5.41 Å². The predicted octanol–water partition coefficient (Wildman–Crippen LogP) is 14.9.